The van der Waals surface area contributed by atoms with Crippen molar-refractivity contribution < 1.29 is 18.7 Å². The molecule has 5 nitrogen and oxygen atoms in total. The lowest BCUT2D eigenvalue weighted by Crippen LogP contribution is -2.30. The van der Waals surface area contributed by atoms with Crippen molar-refractivity contribution in [2.75, 3.05) is 13.2 Å². The van der Waals surface area contributed by atoms with E-state index in [0.29, 0.717) is 17.0 Å². The fraction of sp³-hybridized carbons (Fsp3) is 0.385. The number of halogens is 2. The Hall–Kier alpha value is -1.82. The van der Waals surface area contributed by atoms with Crippen molar-refractivity contribution in [3.63, 3.8) is 0 Å². The van der Waals surface area contributed by atoms with Gasteiger partial charge in [0.1, 0.15) is 12.4 Å². The Bertz CT molecular complexity index is 518. The average Bonchev–Trinajstić information content (AvgIpc) is 3.14. The zero-order valence-corrected chi connectivity index (χ0v) is 11.3. The molecule has 1 saturated carbocycles. The molecule has 20 heavy (non-hydrogen) atoms. The smallest absolute Gasteiger partial charge is 0.404 e. The second kappa shape index (κ2) is 6.09. The molecular formula is C13H14ClFN2O3. The van der Waals surface area contributed by atoms with Crippen molar-refractivity contribution in [2.24, 2.45) is 11.7 Å². The lowest BCUT2D eigenvalue weighted by Gasteiger charge is -2.06. The summed E-state index contributed by atoms with van der Waals surface area (Å²) < 4.78 is 18.2. The molecule has 0 unspecified atom stereocenters. The minimum atomic E-state index is -0.887. The van der Waals surface area contributed by atoms with E-state index in [4.69, 9.17) is 17.3 Å². The Balaban J connectivity index is 1.85. The van der Waals surface area contributed by atoms with Crippen LogP contribution in [-0.2, 0) is 9.53 Å². The second-order valence-corrected chi connectivity index (χ2v) is 4.95. The molecular weight excluding hydrogens is 287 g/mol. The molecule has 7 heteroatoms. The van der Waals surface area contributed by atoms with Gasteiger partial charge in [-0.1, -0.05) is 17.7 Å². The normalized spacial score (nSPS) is 20.3. The van der Waals surface area contributed by atoms with E-state index in [0.717, 1.165) is 0 Å². The van der Waals surface area contributed by atoms with E-state index in [1.54, 1.807) is 6.07 Å². The van der Waals surface area contributed by atoms with Crippen molar-refractivity contribution in [3.05, 3.63) is 34.6 Å². The topological polar surface area (TPSA) is 81.4 Å². The van der Waals surface area contributed by atoms with Crippen LogP contribution in [0.3, 0.4) is 0 Å². The van der Waals surface area contributed by atoms with Crippen LogP contribution >= 0.6 is 11.6 Å². The lowest BCUT2D eigenvalue weighted by molar-refractivity contribution is -0.122. The van der Waals surface area contributed by atoms with E-state index in [1.807, 2.05) is 0 Å². The molecule has 2 atom stereocenters. The van der Waals surface area contributed by atoms with Crippen LogP contribution in [0.5, 0.6) is 0 Å². The van der Waals surface area contributed by atoms with Gasteiger partial charge in [0.15, 0.2) is 0 Å². The van der Waals surface area contributed by atoms with Crippen LogP contribution in [0.25, 0.3) is 0 Å². The highest BCUT2D eigenvalue weighted by Crippen LogP contribution is 2.50. The van der Waals surface area contributed by atoms with Crippen molar-refractivity contribution in [3.8, 4) is 0 Å². The first-order valence-electron chi connectivity index (χ1n) is 6.14. The largest absolute Gasteiger partial charge is 0.448 e. The summed E-state index contributed by atoms with van der Waals surface area (Å²) in [6.07, 6.45) is -0.329. The summed E-state index contributed by atoms with van der Waals surface area (Å²) in [5.41, 5.74) is 5.17. The molecule has 0 bridgehead atoms. The van der Waals surface area contributed by atoms with E-state index >= 15 is 0 Å². The molecule has 0 radical (unpaired) electrons. The Labute approximate surface area is 120 Å². The molecule has 108 valence electrons. The van der Waals surface area contributed by atoms with Gasteiger partial charge in [-0.15, -0.1) is 0 Å². The van der Waals surface area contributed by atoms with E-state index < -0.39 is 11.9 Å². The number of carbonyl (C=O) groups excluding carboxylic acids is 2. The molecule has 2 amide bonds. The van der Waals surface area contributed by atoms with Crippen molar-refractivity contribution in [2.45, 2.75) is 12.3 Å². The SMILES string of the molecule is NC(=O)OCCNC(=O)[C@@H]1C[C@@H]1c1c(F)cccc1Cl. The van der Waals surface area contributed by atoms with Gasteiger partial charge in [-0.05, 0) is 18.6 Å². The van der Waals surface area contributed by atoms with Gasteiger partial charge in [0.25, 0.3) is 0 Å². The van der Waals surface area contributed by atoms with Gasteiger partial charge in [0.05, 0.1) is 6.54 Å². The third kappa shape index (κ3) is 3.39. The highest BCUT2D eigenvalue weighted by Gasteiger charge is 2.46. The molecule has 1 aliphatic rings. The number of rotatable bonds is 5. The Morgan fingerprint density at radius 2 is 2.25 bits per heavy atom. The first kappa shape index (κ1) is 14.6. The quantitative estimate of drug-likeness (QED) is 0.814. The first-order chi connectivity index (χ1) is 9.50. The van der Waals surface area contributed by atoms with Crippen LogP contribution in [0.2, 0.25) is 5.02 Å². The van der Waals surface area contributed by atoms with Gasteiger partial charge in [-0.2, -0.15) is 0 Å². The fourth-order valence-corrected chi connectivity index (χ4v) is 2.43. The molecule has 1 aliphatic carbocycles. The zero-order valence-electron chi connectivity index (χ0n) is 10.6. The number of nitrogens with one attached hydrogen (secondary N) is 1. The number of primary amides is 1. The van der Waals surface area contributed by atoms with E-state index in [1.165, 1.54) is 12.1 Å². The minimum absolute atomic E-state index is 0.0128. The Kier molecular flexibility index (Phi) is 4.44. The Morgan fingerprint density at radius 1 is 1.50 bits per heavy atom. The monoisotopic (exact) mass is 300 g/mol. The maximum Gasteiger partial charge on any atom is 0.404 e. The average molecular weight is 301 g/mol. The molecule has 2 rings (SSSR count). The number of amides is 2. The number of carbonyl (C=O) groups is 2. The highest BCUT2D eigenvalue weighted by atomic mass is 35.5. The van der Waals surface area contributed by atoms with Gasteiger partial charge >= 0.3 is 6.09 Å². The van der Waals surface area contributed by atoms with Crippen molar-refractivity contribution >= 4 is 23.6 Å². The molecule has 0 saturated heterocycles. The molecule has 1 aromatic rings. The number of ether oxygens (including phenoxy) is 1. The number of benzene rings is 1. The predicted octanol–water partition coefficient (Wildman–Crippen LogP) is 1.79. The summed E-state index contributed by atoms with van der Waals surface area (Å²) in [6, 6.07) is 4.46. The van der Waals surface area contributed by atoms with Crippen molar-refractivity contribution in [1.29, 1.82) is 0 Å². The van der Waals surface area contributed by atoms with Gasteiger partial charge in [-0.25, -0.2) is 9.18 Å². The van der Waals surface area contributed by atoms with Gasteiger partial charge in [0.2, 0.25) is 5.91 Å². The van der Waals surface area contributed by atoms with Gasteiger partial charge in [0, 0.05) is 22.4 Å². The predicted molar refractivity (Wildman–Crippen MR) is 70.8 cm³/mol. The van der Waals surface area contributed by atoms with Crippen LogP contribution in [-0.4, -0.2) is 25.2 Å². The first-order valence-corrected chi connectivity index (χ1v) is 6.52. The van der Waals surface area contributed by atoms with Crippen LogP contribution in [0.4, 0.5) is 9.18 Å². The van der Waals surface area contributed by atoms with Crippen LogP contribution in [0.1, 0.15) is 17.9 Å². The molecule has 0 heterocycles. The molecule has 0 aromatic heterocycles. The third-order valence-electron chi connectivity index (χ3n) is 3.14. The van der Waals surface area contributed by atoms with Gasteiger partial charge < -0.3 is 15.8 Å². The maximum absolute atomic E-state index is 13.7. The number of hydrogen-bond acceptors (Lipinski definition) is 3. The van der Waals surface area contributed by atoms with Crippen LogP contribution < -0.4 is 11.1 Å². The minimum Gasteiger partial charge on any atom is -0.448 e. The summed E-state index contributed by atoms with van der Waals surface area (Å²) in [5.74, 6) is -1.09. The Morgan fingerprint density at radius 3 is 2.90 bits per heavy atom. The second-order valence-electron chi connectivity index (χ2n) is 4.54. The number of hydrogen-bond donors (Lipinski definition) is 2. The molecule has 0 spiro atoms. The third-order valence-corrected chi connectivity index (χ3v) is 3.47. The standard InChI is InChI=1S/C13H14ClFN2O3/c14-9-2-1-3-10(15)11(9)7-6-8(7)12(18)17-4-5-20-13(16)19/h1-3,7-8H,4-6H2,(H2,16,19)(H,17,18)/t7-,8+/m0/s1. The fourth-order valence-electron chi connectivity index (χ4n) is 2.13. The summed E-state index contributed by atoms with van der Waals surface area (Å²) in [4.78, 5) is 22.1. The lowest BCUT2D eigenvalue weighted by atomic mass is 10.1. The van der Waals surface area contributed by atoms with Crippen molar-refractivity contribution in [1.82, 2.24) is 5.32 Å². The van der Waals surface area contributed by atoms with Crippen LogP contribution in [0.15, 0.2) is 18.2 Å². The molecule has 3 N–H and O–H groups in total. The summed E-state index contributed by atoms with van der Waals surface area (Å²) in [5, 5.41) is 2.94. The molecule has 0 aliphatic heterocycles. The molecule has 1 fully saturated rings. The van der Waals surface area contributed by atoms with E-state index in [9.17, 15) is 14.0 Å². The molecule has 1 aromatic carbocycles. The zero-order chi connectivity index (χ0) is 14.7. The van der Waals surface area contributed by atoms with Crippen LogP contribution in [0, 0.1) is 11.7 Å². The van der Waals surface area contributed by atoms with E-state index in [-0.39, 0.29) is 30.9 Å². The maximum atomic E-state index is 13.7. The summed E-state index contributed by atoms with van der Waals surface area (Å²) in [7, 11) is 0. The van der Waals surface area contributed by atoms with Gasteiger partial charge in [-0.3, -0.25) is 4.79 Å². The summed E-state index contributed by atoms with van der Waals surface area (Å²) >= 11 is 5.95. The summed E-state index contributed by atoms with van der Waals surface area (Å²) in [6.45, 7) is 0.189. The number of nitrogens with two attached hydrogens (primary N) is 1. The highest BCUT2D eigenvalue weighted by molar-refractivity contribution is 6.31. The van der Waals surface area contributed by atoms with E-state index in [2.05, 4.69) is 10.1 Å².